The molecule has 0 unspecified atom stereocenters. The molecule has 4 nitrogen and oxygen atoms in total. The smallest absolute Gasteiger partial charge is 0.115 e. The summed E-state index contributed by atoms with van der Waals surface area (Å²) >= 11 is 0. The van der Waals surface area contributed by atoms with Crippen LogP contribution in [0.5, 0.6) is 0 Å². The number of aromatic nitrogens is 2. The second kappa shape index (κ2) is 4.68. The van der Waals surface area contributed by atoms with Crippen LogP contribution < -0.4 is 5.32 Å². The fourth-order valence-corrected chi connectivity index (χ4v) is 2.02. The van der Waals surface area contributed by atoms with Crippen molar-refractivity contribution in [2.24, 2.45) is 0 Å². The molecule has 2 rings (SSSR count). The zero-order chi connectivity index (χ0) is 10.7. The number of nitrogens with zero attached hydrogens (tertiary/aromatic N) is 2. The second-order valence-electron chi connectivity index (χ2n) is 4.14. The molecule has 1 aromatic rings. The molecule has 82 valence electrons. The highest BCUT2D eigenvalue weighted by atomic mass is 16.3. The first-order valence-electron chi connectivity index (χ1n) is 5.44. The lowest BCUT2D eigenvalue weighted by atomic mass is 10.2. The molecular formula is C11H17N3O. The summed E-state index contributed by atoms with van der Waals surface area (Å²) in [6.45, 7) is 2.67. The van der Waals surface area contributed by atoms with Crippen molar-refractivity contribution in [1.82, 2.24) is 15.3 Å². The topological polar surface area (TPSA) is 58.0 Å². The van der Waals surface area contributed by atoms with Crippen molar-refractivity contribution in [3.63, 3.8) is 0 Å². The van der Waals surface area contributed by atoms with Gasteiger partial charge in [-0.3, -0.25) is 0 Å². The van der Waals surface area contributed by atoms with E-state index in [-0.39, 0.29) is 12.1 Å². The Bertz CT molecular complexity index is 329. The first-order chi connectivity index (χ1) is 7.25. The Morgan fingerprint density at radius 2 is 2.33 bits per heavy atom. The predicted molar refractivity (Wildman–Crippen MR) is 57.3 cm³/mol. The molecule has 0 amide bonds. The van der Waals surface area contributed by atoms with Crippen molar-refractivity contribution in [1.29, 1.82) is 0 Å². The zero-order valence-corrected chi connectivity index (χ0v) is 8.98. The van der Waals surface area contributed by atoms with Crippen molar-refractivity contribution in [3.8, 4) is 0 Å². The maximum absolute atomic E-state index is 9.63. The van der Waals surface area contributed by atoms with Gasteiger partial charge < -0.3 is 10.4 Å². The Morgan fingerprint density at radius 1 is 1.47 bits per heavy atom. The lowest BCUT2D eigenvalue weighted by Gasteiger charge is -2.15. The van der Waals surface area contributed by atoms with Crippen LogP contribution in [-0.2, 0) is 6.54 Å². The third-order valence-electron chi connectivity index (χ3n) is 2.89. The van der Waals surface area contributed by atoms with Crippen molar-refractivity contribution < 1.29 is 5.11 Å². The molecule has 1 heterocycles. The highest BCUT2D eigenvalue weighted by Crippen LogP contribution is 2.18. The van der Waals surface area contributed by atoms with E-state index >= 15 is 0 Å². The molecule has 1 aliphatic carbocycles. The minimum absolute atomic E-state index is 0.187. The van der Waals surface area contributed by atoms with Crippen molar-refractivity contribution in [3.05, 3.63) is 23.8 Å². The van der Waals surface area contributed by atoms with Crippen LogP contribution in [0.3, 0.4) is 0 Å². The average molecular weight is 207 g/mol. The summed E-state index contributed by atoms with van der Waals surface area (Å²) in [7, 11) is 0. The van der Waals surface area contributed by atoms with Crippen LogP contribution in [0.1, 0.15) is 30.7 Å². The first kappa shape index (κ1) is 10.5. The van der Waals surface area contributed by atoms with Crippen LogP contribution in [0.15, 0.2) is 12.4 Å². The summed E-state index contributed by atoms with van der Waals surface area (Å²) in [6, 6.07) is 2.20. The molecule has 1 aliphatic rings. The number of rotatable bonds is 3. The molecule has 2 N–H and O–H groups in total. The van der Waals surface area contributed by atoms with Crippen molar-refractivity contribution in [2.75, 3.05) is 0 Å². The third kappa shape index (κ3) is 2.73. The minimum Gasteiger partial charge on any atom is -0.392 e. The highest BCUT2D eigenvalue weighted by Gasteiger charge is 2.24. The third-order valence-corrected chi connectivity index (χ3v) is 2.89. The SMILES string of the molecule is Cc1cc(CN[C@@H]2CCC[C@H]2O)ncn1. The largest absolute Gasteiger partial charge is 0.392 e. The molecule has 0 aromatic carbocycles. The van der Waals surface area contributed by atoms with Gasteiger partial charge in [-0.1, -0.05) is 0 Å². The highest BCUT2D eigenvalue weighted by molar-refractivity contribution is 5.06. The average Bonchev–Trinajstić information content (AvgIpc) is 2.61. The number of aliphatic hydroxyl groups excluding tert-OH is 1. The number of nitrogens with one attached hydrogen (secondary N) is 1. The standard InChI is InChI=1S/C11H17N3O/c1-8-5-9(14-7-13-8)6-12-10-3-2-4-11(10)15/h5,7,10-12,15H,2-4,6H2,1H3/t10-,11-/m1/s1. The fourth-order valence-electron chi connectivity index (χ4n) is 2.02. The predicted octanol–water partition coefficient (Wildman–Crippen LogP) is 0.788. The van der Waals surface area contributed by atoms with Gasteiger partial charge in [-0.25, -0.2) is 9.97 Å². The van der Waals surface area contributed by atoms with Crippen molar-refractivity contribution in [2.45, 2.75) is 44.9 Å². The van der Waals surface area contributed by atoms with Gasteiger partial charge in [-0.05, 0) is 32.3 Å². The van der Waals surface area contributed by atoms with E-state index in [1.54, 1.807) is 6.33 Å². The summed E-state index contributed by atoms with van der Waals surface area (Å²) < 4.78 is 0. The van der Waals surface area contributed by atoms with Crippen LogP contribution in [0.2, 0.25) is 0 Å². The first-order valence-corrected chi connectivity index (χ1v) is 5.44. The number of aryl methyl sites for hydroxylation is 1. The van der Waals surface area contributed by atoms with E-state index in [9.17, 15) is 5.11 Å². The molecule has 0 radical (unpaired) electrons. The van der Waals surface area contributed by atoms with E-state index in [0.29, 0.717) is 6.54 Å². The Labute approximate surface area is 89.8 Å². The molecule has 0 bridgehead atoms. The van der Waals surface area contributed by atoms with E-state index in [1.807, 2.05) is 13.0 Å². The summed E-state index contributed by atoms with van der Waals surface area (Å²) in [4.78, 5) is 8.22. The summed E-state index contributed by atoms with van der Waals surface area (Å²) in [6.07, 6.45) is 4.48. The molecule has 4 heteroatoms. The van der Waals surface area contributed by atoms with Crippen LogP contribution in [0, 0.1) is 6.92 Å². The molecular weight excluding hydrogens is 190 g/mol. The normalized spacial score (nSPS) is 25.7. The molecule has 1 aromatic heterocycles. The van der Waals surface area contributed by atoms with E-state index in [2.05, 4.69) is 15.3 Å². The maximum atomic E-state index is 9.63. The van der Waals surface area contributed by atoms with E-state index in [1.165, 1.54) is 0 Å². The van der Waals surface area contributed by atoms with Crippen molar-refractivity contribution >= 4 is 0 Å². The molecule has 1 saturated carbocycles. The number of aliphatic hydroxyl groups is 1. The Hall–Kier alpha value is -1.00. The van der Waals surface area contributed by atoms with Gasteiger partial charge in [0, 0.05) is 18.3 Å². The Morgan fingerprint density at radius 3 is 3.00 bits per heavy atom. The van der Waals surface area contributed by atoms with E-state index < -0.39 is 0 Å². The molecule has 0 aliphatic heterocycles. The van der Waals surface area contributed by atoms with Gasteiger partial charge in [0.15, 0.2) is 0 Å². The molecule has 0 spiro atoms. The van der Waals surface area contributed by atoms with Crippen LogP contribution in [0.4, 0.5) is 0 Å². The van der Waals surface area contributed by atoms with Gasteiger partial charge >= 0.3 is 0 Å². The van der Waals surface area contributed by atoms with Crippen LogP contribution in [0.25, 0.3) is 0 Å². The summed E-state index contributed by atoms with van der Waals surface area (Å²) in [5.41, 5.74) is 1.97. The van der Waals surface area contributed by atoms with Gasteiger partial charge in [-0.15, -0.1) is 0 Å². The Balaban J connectivity index is 1.87. The van der Waals surface area contributed by atoms with Gasteiger partial charge in [0.25, 0.3) is 0 Å². The van der Waals surface area contributed by atoms with Gasteiger partial charge in [-0.2, -0.15) is 0 Å². The minimum atomic E-state index is -0.187. The molecule has 0 saturated heterocycles. The number of hydrogen-bond donors (Lipinski definition) is 2. The molecule has 15 heavy (non-hydrogen) atoms. The van der Waals surface area contributed by atoms with E-state index in [0.717, 1.165) is 30.7 Å². The van der Waals surface area contributed by atoms with Gasteiger partial charge in [0.1, 0.15) is 6.33 Å². The van der Waals surface area contributed by atoms with E-state index in [4.69, 9.17) is 0 Å². The van der Waals surface area contributed by atoms with Crippen LogP contribution in [-0.4, -0.2) is 27.2 Å². The maximum Gasteiger partial charge on any atom is 0.115 e. The number of hydrogen-bond acceptors (Lipinski definition) is 4. The monoisotopic (exact) mass is 207 g/mol. The van der Waals surface area contributed by atoms with Crippen LogP contribution >= 0.6 is 0 Å². The van der Waals surface area contributed by atoms with Gasteiger partial charge in [0.2, 0.25) is 0 Å². The fraction of sp³-hybridized carbons (Fsp3) is 0.636. The Kier molecular flexibility index (Phi) is 3.28. The quantitative estimate of drug-likeness (QED) is 0.769. The molecule has 1 fully saturated rings. The second-order valence-corrected chi connectivity index (χ2v) is 4.14. The zero-order valence-electron chi connectivity index (χ0n) is 8.98. The molecule has 2 atom stereocenters. The summed E-state index contributed by atoms with van der Waals surface area (Å²) in [5, 5.41) is 13.0. The van der Waals surface area contributed by atoms with Gasteiger partial charge in [0.05, 0.1) is 11.8 Å². The summed E-state index contributed by atoms with van der Waals surface area (Å²) in [5.74, 6) is 0. The lowest BCUT2D eigenvalue weighted by Crippen LogP contribution is -2.35. The lowest BCUT2D eigenvalue weighted by molar-refractivity contribution is 0.148.